The highest BCUT2D eigenvalue weighted by atomic mass is 16.5. The lowest BCUT2D eigenvalue weighted by atomic mass is 10.2. The van der Waals surface area contributed by atoms with Crippen LogP contribution in [0.15, 0.2) is 0 Å². The fourth-order valence-electron chi connectivity index (χ4n) is 1.91. The van der Waals surface area contributed by atoms with Crippen LogP contribution in [-0.2, 0) is 4.74 Å². The van der Waals surface area contributed by atoms with Crippen LogP contribution in [0.2, 0.25) is 0 Å². The summed E-state index contributed by atoms with van der Waals surface area (Å²) >= 11 is 0. The third kappa shape index (κ3) is 4.40. The highest BCUT2D eigenvalue weighted by Gasteiger charge is 2.15. The first kappa shape index (κ1) is 12.0. The van der Waals surface area contributed by atoms with E-state index in [4.69, 9.17) is 4.74 Å². The molecule has 1 rings (SSSR count). The molecule has 1 aliphatic heterocycles. The van der Waals surface area contributed by atoms with Crippen molar-refractivity contribution in [1.29, 1.82) is 0 Å². The molecule has 14 heavy (non-hydrogen) atoms. The second kappa shape index (κ2) is 7.21. The molecule has 3 heteroatoms. The van der Waals surface area contributed by atoms with Crippen molar-refractivity contribution in [3.8, 4) is 0 Å². The van der Waals surface area contributed by atoms with Gasteiger partial charge in [-0.2, -0.15) is 0 Å². The largest absolute Gasteiger partial charge is 0.382 e. The fourth-order valence-corrected chi connectivity index (χ4v) is 1.91. The SMILES string of the molecule is CCOCCCN1CCCNCC1C. The summed E-state index contributed by atoms with van der Waals surface area (Å²) in [5.41, 5.74) is 0. The maximum atomic E-state index is 5.35. The molecule has 0 aliphatic carbocycles. The Hall–Kier alpha value is -0.120. The fraction of sp³-hybridized carbons (Fsp3) is 1.00. The second-order valence-corrected chi connectivity index (χ2v) is 3.99. The van der Waals surface area contributed by atoms with E-state index in [0.29, 0.717) is 6.04 Å². The average molecular weight is 200 g/mol. The molecule has 1 N–H and O–H groups in total. The molecule has 1 heterocycles. The molecule has 0 aromatic rings. The van der Waals surface area contributed by atoms with Gasteiger partial charge in [0.05, 0.1) is 0 Å². The van der Waals surface area contributed by atoms with E-state index >= 15 is 0 Å². The van der Waals surface area contributed by atoms with E-state index in [-0.39, 0.29) is 0 Å². The van der Waals surface area contributed by atoms with Crippen molar-refractivity contribution in [2.75, 3.05) is 39.4 Å². The van der Waals surface area contributed by atoms with Crippen molar-refractivity contribution in [3.05, 3.63) is 0 Å². The first-order valence-corrected chi connectivity index (χ1v) is 5.87. The van der Waals surface area contributed by atoms with Crippen molar-refractivity contribution in [1.82, 2.24) is 10.2 Å². The van der Waals surface area contributed by atoms with E-state index in [9.17, 15) is 0 Å². The average Bonchev–Trinajstić information content (AvgIpc) is 2.39. The zero-order valence-corrected chi connectivity index (χ0v) is 9.59. The minimum absolute atomic E-state index is 0.680. The Labute approximate surface area is 87.8 Å². The topological polar surface area (TPSA) is 24.5 Å². The molecular formula is C11H24N2O. The number of hydrogen-bond acceptors (Lipinski definition) is 3. The van der Waals surface area contributed by atoms with E-state index in [1.165, 1.54) is 26.1 Å². The van der Waals surface area contributed by atoms with Crippen LogP contribution in [0, 0.1) is 0 Å². The second-order valence-electron chi connectivity index (χ2n) is 3.99. The minimum Gasteiger partial charge on any atom is -0.382 e. The Morgan fingerprint density at radius 3 is 3.14 bits per heavy atom. The van der Waals surface area contributed by atoms with Gasteiger partial charge in [-0.1, -0.05) is 0 Å². The Balaban J connectivity index is 2.13. The lowest BCUT2D eigenvalue weighted by Gasteiger charge is -2.26. The van der Waals surface area contributed by atoms with Gasteiger partial charge >= 0.3 is 0 Å². The van der Waals surface area contributed by atoms with Crippen LogP contribution in [0.3, 0.4) is 0 Å². The van der Waals surface area contributed by atoms with E-state index in [0.717, 1.165) is 26.2 Å². The quantitative estimate of drug-likeness (QED) is 0.673. The van der Waals surface area contributed by atoms with Crippen LogP contribution in [-0.4, -0.2) is 50.3 Å². The van der Waals surface area contributed by atoms with Gasteiger partial charge in [-0.05, 0) is 39.8 Å². The van der Waals surface area contributed by atoms with E-state index < -0.39 is 0 Å². The van der Waals surface area contributed by atoms with Gasteiger partial charge in [-0.15, -0.1) is 0 Å². The molecule has 84 valence electrons. The van der Waals surface area contributed by atoms with E-state index in [1.54, 1.807) is 0 Å². The predicted molar refractivity (Wildman–Crippen MR) is 59.6 cm³/mol. The molecule has 0 saturated carbocycles. The van der Waals surface area contributed by atoms with Crippen molar-refractivity contribution in [2.24, 2.45) is 0 Å². The first-order chi connectivity index (χ1) is 6.84. The molecule has 1 saturated heterocycles. The highest BCUT2D eigenvalue weighted by molar-refractivity contribution is 4.73. The van der Waals surface area contributed by atoms with Gasteiger partial charge < -0.3 is 10.1 Å². The van der Waals surface area contributed by atoms with Crippen molar-refractivity contribution in [2.45, 2.75) is 32.7 Å². The number of ether oxygens (including phenoxy) is 1. The van der Waals surface area contributed by atoms with Crippen LogP contribution in [0.25, 0.3) is 0 Å². The monoisotopic (exact) mass is 200 g/mol. The number of hydrogen-bond donors (Lipinski definition) is 1. The Morgan fingerprint density at radius 2 is 2.36 bits per heavy atom. The summed E-state index contributed by atoms with van der Waals surface area (Å²) < 4.78 is 5.35. The summed E-state index contributed by atoms with van der Waals surface area (Å²) in [6, 6.07) is 0.680. The van der Waals surface area contributed by atoms with Crippen LogP contribution in [0.4, 0.5) is 0 Å². The third-order valence-electron chi connectivity index (χ3n) is 2.80. The summed E-state index contributed by atoms with van der Waals surface area (Å²) in [7, 11) is 0. The molecule has 0 bridgehead atoms. The van der Waals surface area contributed by atoms with Gasteiger partial charge in [0.15, 0.2) is 0 Å². The maximum Gasteiger partial charge on any atom is 0.0478 e. The van der Waals surface area contributed by atoms with Gasteiger partial charge in [-0.25, -0.2) is 0 Å². The van der Waals surface area contributed by atoms with Gasteiger partial charge in [0.1, 0.15) is 0 Å². The molecule has 0 aromatic carbocycles. The molecule has 1 unspecified atom stereocenters. The first-order valence-electron chi connectivity index (χ1n) is 5.87. The van der Waals surface area contributed by atoms with Crippen LogP contribution in [0.1, 0.15) is 26.7 Å². The van der Waals surface area contributed by atoms with Gasteiger partial charge in [-0.3, -0.25) is 4.90 Å². The maximum absolute atomic E-state index is 5.35. The third-order valence-corrected chi connectivity index (χ3v) is 2.80. The summed E-state index contributed by atoms with van der Waals surface area (Å²) in [6.07, 6.45) is 2.44. The van der Waals surface area contributed by atoms with Crippen LogP contribution >= 0.6 is 0 Å². The summed E-state index contributed by atoms with van der Waals surface area (Å²) in [5, 5.41) is 3.46. The normalized spacial score (nSPS) is 24.9. The van der Waals surface area contributed by atoms with E-state index in [2.05, 4.69) is 24.1 Å². The predicted octanol–water partition coefficient (Wildman–Crippen LogP) is 1.10. The molecule has 1 aliphatic rings. The summed E-state index contributed by atoms with van der Waals surface area (Å²) in [4.78, 5) is 2.57. The Kier molecular flexibility index (Phi) is 6.15. The standard InChI is InChI=1S/C11H24N2O/c1-3-14-9-5-8-13-7-4-6-12-10-11(13)2/h11-12H,3-10H2,1-2H3. The van der Waals surface area contributed by atoms with Crippen LogP contribution in [0.5, 0.6) is 0 Å². The molecule has 3 nitrogen and oxygen atoms in total. The van der Waals surface area contributed by atoms with Gasteiger partial charge in [0, 0.05) is 32.3 Å². The van der Waals surface area contributed by atoms with Crippen molar-refractivity contribution < 1.29 is 4.74 Å². The molecule has 1 fully saturated rings. The summed E-state index contributed by atoms with van der Waals surface area (Å²) in [6.45, 7) is 10.8. The van der Waals surface area contributed by atoms with Crippen molar-refractivity contribution >= 4 is 0 Å². The molecule has 0 radical (unpaired) electrons. The molecule has 0 aromatic heterocycles. The van der Waals surface area contributed by atoms with Crippen LogP contribution < -0.4 is 5.32 Å². The highest BCUT2D eigenvalue weighted by Crippen LogP contribution is 2.04. The van der Waals surface area contributed by atoms with Crippen molar-refractivity contribution in [3.63, 3.8) is 0 Å². The lowest BCUT2D eigenvalue weighted by Crippen LogP contribution is -2.38. The summed E-state index contributed by atoms with van der Waals surface area (Å²) in [5.74, 6) is 0. The molecule has 0 spiro atoms. The van der Waals surface area contributed by atoms with Gasteiger partial charge in [0.25, 0.3) is 0 Å². The Morgan fingerprint density at radius 1 is 1.50 bits per heavy atom. The smallest absolute Gasteiger partial charge is 0.0478 e. The Bertz CT molecular complexity index is 141. The zero-order chi connectivity index (χ0) is 10.2. The van der Waals surface area contributed by atoms with Gasteiger partial charge in [0.2, 0.25) is 0 Å². The molecular weight excluding hydrogens is 176 g/mol. The van der Waals surface area contributed by atoms with E-state index in [1.807, 2.05) is 0 Å². The minimum atomic E-state index is 0.680. The number of rotatable bonds is 5. The zero-order valence-electron chi connectivity index (χ0n) is 9.59. The molecule has 0 amide bonds. The molecule has 1 atom stereocenters. The number of nitrogens with zero attached hydrogens (tertiary/aromatic N) is 1. The lowest BCUT2D eigenvalue weighted by molar-refractivity contribution is 0.125. The number of nitrogens with one attached hydrogen (secondary N) is 1.